The van der Waals surface area contributed by atoms with Gasteiger partial charge in [-0.05, 0) is 74.2 Å². The van der Waals surface area contributed by atoms with Crippen LogP contribution in [0.4, 0.5) is 0 Å². The predicted molar refractivity (Wildman–Crippen MR) is 117 cm³/mol. The van der Waals surface area contributed by atoms with E-state index < -0.39 is 0 Å². The summed E-state index contributed by atoms with van der Waals surface area (Å²) in [5.74, 6) is 1.92. The molecule has 0 spiro atoms. The first kappa shape index (κ1) is 21.3. The summed E-state index contributed by atoms with van der Waals surface area (Å²) >= 11 is 0. The molecule has 146 valence electrons. The molecule has 0 aromatic carbocycles. The summed E-state index contributed by atoms with van der Waals surface area (Å²) in [6.07, 6.45) is 18.7. The van der Waals surface area contributed by atoms with Gasteiger partial charge in [0.15, 0.2) is 0 Å². The molecule has 0 aliphatic heterocycles. The Morgan fingerprint density at radius 3 is 2.46 bits per heavy atom. The highest BCUT2D eigenvalue weighted by Crippen LogP contribution is 2.48. The molecule has 0 heterocycles. The second-order valence-corrected chi connectivity index (χ2v) is 10.4. The van der Waals surface area contributed by atoms with E-state index in [2.05, 4.69) is 85.8 Å². The van der Waals surface area contributed by atoms with Gasteiger partial charge >= 0.3 is 0 Å². The molecule has 0 fully saturated rings. The van der Waals surface area contributed by atoms with Gasteiger partial charge in [-0.2, -0.15) is 0 Å². The molecule has 2 aliphatic rings. The third-order valence-electron chi connectivity index (χ3n) is 7.00. The van der Waals surface area contributed by atoms with Crippen molar-refractivity contribution < 1.29 is 0 Å². The highest BCUT2D eigenvalue weighted by atomic mass is 14.4. The highest BCUT2D eigenvalue weighted by Gasteiger charge is 2.38. The van der Waals surface area contributed by atoms with Gasteiger partial charge in [0.1, 0.15) is 0 Å². The largest absolute Gasteiger partial charge is 0.0853 e. The van der Waals surface area contributed by atoms with Crippen molar-refractivity contribution in [1.29, 1.82) is 0 Å². The molecule has 0 amide bonds. The van der Waals surface area contributed by atoms with Crippen molar-refractivity contribution in [1.82, 2.24) is 0 Å². The topological polar surface area (TPSA) is 0 Å². The molecule has 26 heavy (non-hydrogen) atoms. The number of hydrogen-bond donors (Lipinski definition) is 0. The highest BCUT2D eigenvalue weighted by molar-refractivity contribution is 5.32. The monoisotopic (exact) mass is 354 g/mol. The van der Waals surface area contributed by atoms with Crippen molar-refractivity contribution in [2.24, 2.45) is 28.6 Å². The van der Waals surface area contributed by atoms with E-state index in [0.717, 1.165) is 5.92 Å². The summed E-state index contributed by atoms with van der Waals surface area (Å²) in [6.45, 7) is 19.0. The molecule has 0 saturated heterocycles. The van der Waals surface area contributed by atoms with Crippen molar-refractivity contribution in [3.8, 4) is 0 Å². The molecular formula is C26H42. The molecule has 2 rings (SSSR count). The van der Waals surface area contributed by atoms with Crippen LogP contribution in [0.2, 0.25) is 0 Å². The number of allylic oxidation sites excluding steroid dienone is 8. The third kappa shape index (κ3) is 4.81. The lowest BCUT2D eigenvalue weighted by molar-refractivity contribution is 0.154. The zero-order valence-corrected chi connectivity index (χ0v) is 18.7. The van der Waals surface area contributed by atoms with Crippen molar-refractivity contribution in [2.75, 3.05) is 0 Å². The minimum atomic E-state index is 0.320. The Kier molecular flexibility index (Phi) is 6.81. The maximum atomic E-state index is 2.49. The fraction of sp³-hybridized carbons (Fsp3) is 0.692. The van der Waals surface area contributed by atoms with Gasteiger partial charge < -0.3 is 0 Å². The van der Waals surface area contributed by atoms with Crippen LogP contribution in [-0.4, -0.2) is 0 Å². The van der Waals surface area contributed by atoms with Gasteiger partial charge in [0, 0.05) is 5.92 Å². The molecule has 0 aromatic rings. The fourth-order valence-corrected chi connectivity index (χ4v) is 5.09. The van der Waals surface area contributed by atoms with E-state index >= 15 is 0 Å². The average molecular weight is 355 g/mol. The zero-order chi connectivity index (χ0) is 19.5. The predicted octanol–water partition coefficient (Wildman–Crippen LogP) is 8.28. The lowest BCUT2D eigenvalue weighted by atomic mass is 9.61. The summed E-state index contributed by atoms with van der Waals surface area (Å²) in [6, 6.07) is 0. The summed E-state index contributed by atoms with van der Waals surface area (Å²) < 4.78 is 0. The summed E-state index contributed by atoms with van der Waals surface area (Å²) in [5, 5.41) is 0. The van der Waals surface area contributed by atoms with Gasteiger partial charge in [-0.3, -0.25) is 0 Å². The number of rotatable bonds is 5. The molecule has 0 heteroatoms. The summed E-state index contributed by atoms with van der Waals surface area (Å²) in [4.78, 5) is 0. The first-order valence-electron chi connectivity index (χ1n) is 10.8. The van der Waals surface area contributed by atoms with Gasteiger partial charge in [0.25, 0.3) is 0 Å². The Morgan fingerprint density at radius 2 is 1.85 bits per heavy atom. The molecule has 0 bridgehead atoms. The van der Waals surface area contributed by atoms with Crippen LogP contribution in [0.3, 0.4) is 0 Å². The fourth-order valence-electron chi connectivity index (χ4n) is 5.09. The smallest absolute Gasteiger partial charge is 0.00281 e. The molecule has 2 atom stereocenters. The maximum Gasteiger partial charge on any atom is 0.00281 e. The molecule has 2 aliphatic carbocycles. The van der Waals surface area contributed by atoms with Gasteiger partial charge in [-0.1, -0.05) is 83.1 Å². The Hall–Kier alpha value is -1.04. The van der Waals surface area contributed by atoms with E-state index in [1.165, 1.54) is 32.1 Å². The Labute approximate surface area is 163 Å². The number of hydrogen-bond acceptors (Lipinski definition) is 0. The van der Waals surface area contributed by atoms with Crippen LogP contribution < -0.4 is 0 Å². The normalized spacial score (nSPS) is 29.0. The lowest BCUT2D eigenvalue weighted by Crippen LogP contribution is -2.35. The van der Waals surface area contributed by atoms with E-state index in [0.29, 0.717) is 22.7 Å². The van der Waals surface area contributed by atoms with Crippen LogP contribution in [0.25, 0.3) is 0 Å². The SMILES string of the molecule is CC1=CCC(C/C=C/C2=C(C)CCCC2(C)C)C(C)(C)C1/C=C/C(C)C. The molecule has 0 aromatic heterocycles. The Bertz CT molecular complexity index is 604. The van der Waals surface area contributed by atoms with Crippen LogP contribution >= 0.6 is 0 Å². The molecule has 0 nitrogen and oxygen atoms in total. The van der Waals surface area contributed by atoms with Crippen LogP contribution in [0.1, 0.15) is 87.5 Å². The summed E-state index contributed by atoms with van der Waals surface area (Å²) in [5.41, 5.74) is 5.42. The molecule has 2 unspecified atom stereocenters. The Morgan fingerprint density at radius 1 is 1.15 bits per heavy atom. The maximum absolute atomic E-state index is 2.49. The van der Waals surface area contributed by atoms with Crippen molar-refractivity contribution in [2.45, 2.75) is 87.5 Å². The standard InChI is InChI=1S/C26H42/c1-19(2)14-17-24-21(4)15-16-22(26(24,7)8)12-9-13-23-20(3)11-10-18-25(23,5)6/h9,13-15,17,19,22,24H,10-12,16,18H2,1-8H3/b13-9+,17-14+. The second kappa shape index (κ2) is 8.32. The second-order valence-electron chi connectivity index (χ2n) is 10.4. The van der Waals surface area contributed by atoms with Crippen LogP contribution in [0.15, 0.2) is 47.1 Å². The first-order valence-corrected chi connectivity index (χ1v) is 10.8. The van der Waals surface area contributed by atoms with E-state index in [1.807, 2.05) is 0 Å². The van der Waals surface area contributed by atoms with E-state index in [4.69, 9.17) is 0 Å². The van der Waals surface area contributed by atoms with E-state index in [-0.39, 0.29) is 0 Å². The van der Waals surface area contributed by atoms with Crippen LogP contribution in [-0.2, 0) is 0 Å². The van der Waals surface area contributed by atoms with E-state index in [1.54, 1.807) is 16.7 Å². The molecule has 0 radical (unpaired) electrons. The minimum Gasteiger partial charge on any atom is -0.0853 e. The third-order valence-corrected chi connectivity index (χ3v) is 7.00. The van der Waals surface area contributed by atoms with Crippen molar-refractivity contribution in [3.05, 3.63) is 47.1 Å². The summed E-state index contributed by atoms with van der Waals surface area (Å²) in [7, 11) is 0. The lowest BCUT2D eigenvalue weighted by Gasteiger charge is -2.43. The van der Waals surface area contributed by atoms with Gasteiger partial charge in [-0.25, -0.2) is 0 Å². The molecule has 0 saturated carbocycles. The first-order chi connectivity index (χ1) is 12.1. The van der Waals surface area contributed by atoms with Gasteiger partial charge in [0.2, 0.25) is 0 Å². The molecular weight excluding hydrogens is 312 g/mol. The minimum absolute atomic E-state index is 0.320. The van der Waals surface area contributed by atoms with Gasteiger partial charge in [-0.15, -0.1) is 0 Å². The quantitative estimate of drug-likeness (QED) is 0.436. The zero-order valence-electron chi connectivity index (χ0n) is 18.7. The Balaban J connectivity index is 2.14. The van der Waals surface area contributed by atoms with Crippen LogP contribution in [0.5, 0.6) is 0 Å². The van der Waals surface area contributed by atoms with E-state index in [9.17, 15) is 0 Å². The van der Waals surface area contributed by atoms with Crippen LogP contribution in [0, 0.1) is 28.6 Å². The van der Waals surface area contributed by atoms with Gasteiger partial charge in [0.05, 0.1) is 0 Å². The molecule has 0 N–H and O–H groups in total. The van der Waals surface area contributed by atoms with Crippen molar-refractivity contribution >= 4 is 0 Å². The average Bonchev–Trinajstić information content (AvgIpc) is 2.50. The van der Waals surface area contributed by atoms with Crippen molar-refractivity contribution in [3.63, 3.8) is 0 Å².